The number of carbonyl (C=O) groups is 1. The maximum atomic E-state index is 14.0. The van der Waals surface area contributed by atoms with Gasteiger partial charge in [0.2, 0.25) is 0 Å². The van der Waals surface area contributed by atoms with Crippen LogP contribution in [0.15, 0.2) is 99.3 Å². The molecule has 0 spiro atoms. The molecule has 0 N–H and O–H groups in total. The lowest BCUT2D eigenvalue weighted by Gasteiger charge is -2.38. The highest BCUT2D eigenvalue weighted by atomic mass is 79.9. The Labute approximate surface area is 232 Å². The van der Waals surface area contributed by atoms with Gasteiger partial charge in [-0.05, 0) is 73.9 Å². The molecule has 1 aliphatic heterocycles. The fraction of sp³-hybridized carbons (Fsp3) is 0.323. The smallest absolute Gasteiger partial charge is 0.182 e. The number of benzene rings is 2. The van der Waals surface area contributed by atoms with Gasteiger partial charge in [0.15, 0.2) is 5.78 Å². The van der Waals surface area contributed by atoms with E-state index in [4.69, 9.17) is 0 Å². The van der Waals surface area contributed by atoms with Crippen molar-refractivity contribution < 1.29 is 4.79 Å². The van der Waals surface area contributed by atoms with Crippen molar-refractivity contribution in [2.75, 3.05) is 0 Å². The van der Waals surface area contributed by atoms with E-state index in [0.717, 1.165) is 51.7 Å². The number of hydrogen-bond donors (Lipinski definition) is 0. The van der Waals surface area contributed by atoms with Gasteiger partial charge in [-0.2, -0.15) is 0 Å². The average molecular weight is 572 g/mol. The molecule has 3 unspecified atom stereocenters. The Morgan fingerprint density at radius 1 is 1.13 bits per heavy atom. The van der Waals surface area contributed by atoms with Gasteiger partial charge in [0.1, 0.15) is 11.6 Å². The number of fused-ring (bicyclic) bond motifs is 1. The minimum Gasteiger partial charge on any atom is -0.341 e. The van der Waals surface area contributed by atoms with Crippen LogP contribution in [0.4, 0.5) is 5.69 Å². The Morgan fingerprint density at radius 2 is 1.92 bits per heavy atom. The summed E-state index contributed by atoms with van der Waals surface area (Å²) in [5, 5.41) is 3.64. The zero-order chi connectivity index (χ0) is 26.5. The van der Waals surface area contributed by atoms with Crippen LogP contribution in [0.1, 0.15) is 74.2 Å². The molecule has 2 aromatic carbocycles. The average Bonchev–Trinajstić information content (AvgIpc) is 3.17. The molecule has 194 valence electrons. The van der Waals surface area contributed by atoms with Crippen molar-refractivity contribution in [1.29, 1.82) is 0 Å². The second-order valence-corrected chi connectivity index (χ2v) is 11.0. The maximum absolute atomic E-state index is 14.0. The van der Waals surface area contributed by atoms with Crippen molar-refractivity contribution in [3.63, 3.8) is 0 Å². The molecule has 3 atom stereocenters. The topological polar surface area (TPSA) is 75.0 Å². The van der Waals surface area contributed by atoms with Crippen LogP contribution in [0.5, 0.6) is 0 Å². The monoisotopic (exact) mass is 570 g/mol. The zero-order valence-corrected chi connectivity index (χ0v) is 23.0. The number of nitroso groups, excluding NO2 is 1. The number of nitrogens with zero attached hydrogens (tertiary/aromatic N) is 4. The first-order chi connectivity index (χ1) is 18.5. The third kappa shape index (κ3) is 5.25. The first-order valence-electron chi connectivity index (χ1n) is 13.2. The molecule has 1 fully saturated rings. The summed E-state index contributed by atoms with van der Waals surface area (Å²) in [6, 6.07) is 19.2. The third-order valence-electron chi connectivity index (χ3n) is 7.80. The number of aromatic nitrogens is 1. The Balaban J connectivity index is 1.44. The quantitative estimate of drug-likeness (QED) is 0.163. The molecule has 6 nitrogen and oxygen atoms in total. The molecule has 1 aromatic heterocycles. The number of halogens is 1. The first-order valence-corrected chi connectivity index (χ1v) is 14.0. The van der Waals surface area contributed by atoms with Gasteiger partial charge < -0.3 is 4.90 Å². The fourth-order valence-electron chi connectivity index (χ4n) is 5.78. The highest BCUT2D eigenvalue weighted by Crippen LogP contribution is 2.43. The fourth-order valence-corrected chi connectivity index (χ4v) is 6.05. The number of hydrogen-bond acceptors (Lipinski definition) is 6. The van der Waals surface area contributed by atoms with Crippen LogP contribution in [0, 0.1) is 4.91 Å². The summed E-state index contributed by atoms with van der Waals surface area (Å²) in [4.78, 5) is 37.3. The van der Waals surface area contributed by atoms with E-state index in [1.54, 1.807) is 6.20 Å². The molecular formula is C31H31BrN4O2. The van der Waals surface area contributed by atoms with Crippen molar-refractivity contribution >= 4 is 33.7 Å². The lowest BCUT2D eigenvalue weighted by Crippen LogP contribution is -2.37. The van der Waals surface area contributed by atoms with Gasteiger partial charge in [-0.25, -0.2) is 4.99 Å². The predicted octanol–water partition coefficient (Wildman–Crippen LogP) is 8.13. The van der Waals surface area contributed by atoms with Crippen molar-refractivity contribution in [3.05, 3.63) is 111 Å². The molecule has 3 aromatic rings. The number of allylic oxidation sites excluding steroid dienone is 1. The van der Waals surface area contributed by atoms with Gasteiger partial charge >= 0.3 is 0 Å². The van der Waals surface area contributed by atoms with E-state index in [1.165, 1.54) is 0 Å². The molecule has 0 radical (unpaired) electrons. The normalized spacial score (nSPS) is 22.9. The zero-order valence-electron chi connectivity index (χ0n) is 21.5. The number of carbonyl (C=O) groups excluding carboxylic acids is 1. The van der Waals surface area contributed by atoms with Crippen LogP contribution in [-0.2, 0) is 10.3 Å². The number of pyridine rings is 1. The molecule has 2 heterocycles. The first kappa shape index (κ1) is 26.2. The number of aliphatic imine (C=N–C) groups is 1. The van der Waals surface area contributed by atoms with Gasteiger partial charge in [0, 0.05) is 22.4 Å². The van der Waals surface area contributed by atoms with Gasteiger partial charge in [0.05, 0.1) is 18.1 Å². The van der Waals surface area contributed by atoms with E-state index < -0.39 is 11.6 Å². The van der Waals surface area contributed by atoms with E-state index in [0.29, 0.717) is 19.3 Å². The van der Waals surface area contributed by atoms with Crippen LogP contribution in [-0.4, -0.2) is 22.0 Å². The maximum Gasteiger partial charge on any atom is 0.182 e. The van der Waals surface area contributed by atoms with Crippen molar-refractivity contribution in [2.45, 2.75) is 63.1 Å². The van der Waals surface area contributed by atoms with Gasteiger partial charge in [0.25, 0.3) is 0 Å². The van der Waals surface area contributed by atoms with Gasteiger partial charge in [-0.1, -0.05) is 76.1 Å². The van der Waals surface area contributed by atoms with Gasteiger partial charge in [-0.3, -0.25) is 9.78 Å². The van der Waals surface area contributed by atoms with Crippen molar-refractivity contribution in [2.24, 2.45) is 10.2 Å². The van der Waals surface area contributed by atoms with Crippen molar-refractivity contribution in [3.8, 4) is 0 Å². The van der Waals surface area contributed by atoms with Crippen LogP contribution in [0.2, 0.25) is 0 Å². The Bertz CT molecular complexity index is 1360. The lowest BCUT2D eigenvalue weighted by atomic mass is 9.84. The molecule has 0 amide bonds. The molecule has 5 rings (SSSR count). The molecule has 2 aliphatic rings. The SMILES string of the molecule is CCC1c2cnccc2N=CN1C(C(=O)/C=C1/CCCC(N=O)(c2ccc(Br)cc2)CC1)c1ccccc1. The van der Waals surface area contributed by atoms with Gasteiger partial charge in [-0.15, -0.1) is 4.91 Å². The summed E-state index contributed by atoms with van der Waals surface area (Å²) in [6.07, 6.45) is 11.6. The lowest BCUT2D eigenvalue weighted by molar-refractivity contribution is -0.119. The van der Waals surface area contributed by atoms with E-state index in [1.807, 2.05) is 79.3 Å². The Hall–Kier alpha value is -3.45. The Kier molecular flexibility index (Phi) is 7.93. The summed E-state index contributed by atoms with van der Waals surface area (Å²) in [5.74, 6) is 0.0265. The third-order valence-corrected chi connectivity index (χ3v) is 8.33. The standard InChI is InChI=1S/C31H31BrN4O2/c1-2-28-26-20-33-18-15-27(26)34-21-36(28)30(23-8-4-3-5-9-23)29(37)19-22-7-6-16-31(35-38,17-14-22)24-10-12-25(32)13-11-24/h3-5,8-13,15,18-21,28,30H,2,6-7,14,16-17H2,1H3/b22-19-. The Morgan fingerprint density at radius 3 is 2.66 bits per heavy atom. The second-order valence-electron chi connectivity index (χ2n) is 10.1. The van der Waals surface area contributed by atoms with E-state index in [2.05, 4.69) is 42.9 Å². The summed E-state index contributed by atoms with van der Waals surface area (Å²) in [6.45, 7) is 2.12. The van der Waals surface area contributed by atoms with Crippen LogP contribution in [0.25, 0.3) is 0 Å². The van der Waals surface area contributed by atoms with Crippen LogP contribution >= 0.6 is 15.9 Å². The molecular weight excluding hydrogens is 540 g/mol. The summed E-state index contributed by atoms with van der Waals surface area (Å²) in [7, 11) is 0. The molecule has 0 bridgehead atoms. The highest BCUT2D eigenvalue weighted by molar-refractivity contribution is 9.10. The summed E-state index contributed by atoms with van der Waals surface area (Å²) < 4.78 is 0.971. The second kappa shape index (κ2) is 11.5. The van der Waals surface area contributed by atoms with E-state index in [9.17, 15) is 9.70 Å². The largest absolute Gasteiger partial charge is 0.341 e. The van der Waals surface area contributed by atoms with Crippen LogP contribution in [0.3, 0.4) is 0 Å². The molecule has 1 saturated carbocycles. The molecule has 1 aliphatic carbocycles. The number of rotatable bonds is 7. The predicted molar refractivity (Wildman–Crippen MR) is 154 cm³/mol. The highest BCUT2D eigenvalue weighted by Gasteiger charge is 2.37. The molecule has 38 heavy (non-hydrogen) atoms. The molecule has 7 heteroatoms. The summed E-state index contributed by atoms with van der Waals surface area (Å²) in [5.41, 5.74) is 4.11. The van der Waals surface area contributed by atoms with Crippen LogP contribution < -0.4 is 0 Å². The minimum atomic E-state index is -0.762. The number of ketones is 1. The van der Waals surface area contributed by atoms with Crippen molar-refractivity contribution in [1.82, 2.24) is 9.88 Å². The molecule has 0 saturated heterocycles. The van der Waals surface area contributed by atoms with E-state index >= 15 is 0 Å². The van der Waals surface area contributed by atoms with E-state index in [-0.39, 0.29) is 11.8 Å². The minimum absolute atomic E-state index is 0.0118. The summed E-state index contributed by atoms with van der Waals surface area (Å²) >= 11 is 3.47.